The maximum Gasteiger partial charge on any atom is 0.246 e. The Morgan fingerprint density at radius 1 is 1.08 bits per heavy atom. The molecule has 136 valence electrons. The highest BCUT2D eigenvalue weighted by Crippen LogP contribution is 2.32. The molecule has 0 saturated carbocycles. The normalized spacial score (nSPS) is 12.3. The zero-order valence-corrected chi connectivity index (χ0v) is 15.0. The maximum absolute atomic E-state index is 12.4. The molecule has 0 fully saturated rings. The molecule has 0 saturated heterocycles. The van der Waals surface area contributed by atoms with E-state index in [0.29, 0.717) is 23.8 Å². The second-order valence-corrected chi connectivity index (χ2v) is 5.83. The molecule has 0 spiro atoms. The van der Waals surface area contributed by atoms with E-state index in [0.717, 1.165) is 16.9 Å². The maximum atomic E-state index is 12.4. The number of benzene rings is 2. The molecule has 0 aromatic heterocycles. The van der Waals surface area contributed by atoms with E-state index < -0.39 is 0 Å². The molecule has 1 heterocycles. The summed E-state index contributed by atoms with van der Waals surface area (Å²) in [7, 11) is 4.92. The molecule has 0 unspecified atom stereocenters. The minimum absolute atomic E-state index is 0.0996. The number of ether oxygens (including phenoxy) is 4. The van der Waals surface area contributed by atoms with Gasteiger partial charge in [0.25, 0.3) is 0 Å². The van der Waals surface area contributed by atoms with Gasteiger partial charge in [-0.25, -0.2) is 0 Å². The van der Waals surface area contributed by atoms with Crippen molar-refractivity contribution in [1.82, 2.24) is 4.90 Å². The van der Waals surface area contributed by atoms with Crippen molar-refractivity contribution < 1.29 is 23.7 Å². The molecule has 0 aliphatic carbocycles. The van der Waals surface area contributed by atoms with E-state index in [1.807, 2.05) is 30.3 Å². The largest absolute Gasteiger partial charge is 0.493 e. The van der Waals surface area contributed by atoms with Gasteiger partial charge in [-0.15, -0.1) is 0 Å². The van der Waals surface area contributed by atoms with Crippen molar-refractivity contribution in [2.24, 2.45) is 0 Å². The molecule has 2 aromatic rings. The summed E-state index contributed by atoms with van der Waals surface area (Å²) in [5.41, 5.74) is 1.83. The van der Waals surface area contributed by atoms with Crippen molar-refractivity contribution in [2.45, 2.75) is 6.54 Å². The fourth-order valence-corrected chi connectivity index (χ4v) is 2.64. The van der Waals surface area contributed by atoms with Gasteiger partial charge in [0.1, 0.15) is 0 Å². The summed E-state index contributed by atoms with van der Waals surface area (Å²) < 4.78 is 21.1. The van der Waals surface area contributed by atoms with Crippen molar-refractivity contribution in [2.75, 3.05) is 28.1 Å². The van der Waals surface area contributed by atoms with Gasteiger partial charge < -0.3 is 23.8 Å². The van der Waals surface area contributed by atoms with Crippen molar-refractivity contribution in [1.29, 1.82) is 0 Å². The van der Waals surface area contributed by atoms with Crippen LogP contribution in [-0.4, -0.2) is 38.9 Å². The van der Waals surface area contributed by atoms with Crippen LogP contribution in [0.15, 0.2) is 42.5 Å². The van der Waals surface area contributed by atoms with E-state index in [-0.39, 0.29) is 12.7 Å². The summed E-state index contributed by atoms with van der Waals surface area (Å²) in [5.74, 6) is 2.62. The number of fused-ring (bicyclic) bond motifs is 1. The third-order valence-corrected chi connectivity index (χ3v) is 4.06. The predicted octanol–water partition coefficient (Wildman–Crippen LogP) is 3.10. The minimum Gasteiger partial charge on any atom is -0.493 e. The van der Waals surface area contributed by atoms with Crippen molar-refractivity contribution >= 4 is 12.0 Å². The highest BCUT2D eigenvalue weighted by molar-refractivity contribution is 5.91. The standard InChI is InChI=1S/C20H21NO5/c1-21(12-15-5-8-17-19(11-15)26-13-25-17)20(22)9-6-14-4-7-16(23-2)18(10-14)24-3/h4-11H,12-13H2,1-3H3/b9-6+. The average Bonchev–Trinajstić information content (AvgIpc) is 3.13. The molecule has 0 bridgehead atoms. The average molecular weight is 355 g/mol. The lowest BCUT2D eigenvalue weighted by Gasteiger charge is -2.15. The molecule has 1 amide bonds. The molecule has 6 heteroatoms. The van der Waals surface area contributed by atoms with Crippen LogP contribution in [0.1, 0.15) is 11.1 Å². The third-order valence-electron chi connectivity index (χ3n) is 4.06. The van der Waals surface area contributed by atoms with Crippen molar-refractivity contribution in [3.63, 3.8) is 0 Å². The predicted molar refractivity (Wildman–Crippen MR) is 97.6 cm³/mol. The summed E-state index contributed by atoms with van der Waals surface area (Å²) in [6, 6.07) is 11.2. The Morgan fingerprint density at radius 2 is 1.85 bits per heavy atom. The van der Waals surface area contributed by atoms with Gasteiger partial charge in [-0.3, -0.25) is 4.79 Å². The molecule has 0 atom stereocenters. The number of methoxy groups -OCH3 is 2. The van der Waals surface area contributed by atoms with E-state index in [2.05, 4.69) is 0 Å². The zero-order valence-electron chi connectivity index (χ0n) is 15.0. The Balaban J connectivity index is 1.64. The number of carbonyl (C=O) groups is 1. The molecule has 2 aromatic carbocycles. The molecule has 0 radical (unpaired) electrons. The van der Waals surface area contributed by atoms with Crippen LogP contribution < -0.4 is 18.9 Å². The lowest BCUT2D eigenvalue weighted by atomic mass is 10.1. The SMILES string of the molecule is COc1ccc(/C=C/C(=O)N(C)Cc2ccc3c(c2)OCO3)cc1OC. The van der Waals surface area contributed by atoms with Crippen LogP contribution in [-0.2, 0) is 11.3 Å². The third kappa shape index (κ3) is 3.91. The molecule has 26 heavy (non-hydrogen) atoms. The number of likely N-dealkylation sites (N-methyl/N-ethyl adjacent to an activating group) is 1. The summed E-state index contributed by atoms with van der Waals surface area (Å²) >= 11 is 0. The van der Waals surface area contributed by atoms with Crippen LogP contribution in [0, 0.1) is 0 Å². The van der Waals surface area contributed by atoms with E-state index in [9.17, 15) is 4.79 Å². The molecular weight excluding hydrogens is 334 g/mol. The first-order valence-electron chi connectivity index (χ1n) is 8.14. The molecule has 1 aliphatic rings. The second-order valence-electron chi connectivity index (χ2n) is 5.83. The molecule has 0 N–H and O–H groups in total. The van der Waals surface area contributed by atoms with Crippen LogP contribution in [0.25, 0.3) is 6.08 Å². The fourth-order valence-electron chi connectivity index (χ4n) is 2.64. The zero-order chi connectivity index (χ0) is 18.5. The van der Waals surface area contributed by atoms with E-state index >= 15 is 0 Å². The lowest BCUT2D eigenvalue weighted by Crippen LogP contribution is -2.24. The molecule has 3 rings (SSSR count). The van der Waals surface area contributed by atoms with Gasteiger partial charge in [0.05, 0.1) is 14.2 Å². The van der Waals surface area contributed by atoms with Crippen LogP contribution >= 0.6 is 0 Å². The first kappa shape index (κ1) is 17.7. The monoisotopic (exact) mass is 355 g/mol. The van der Waals surface area contributed by atoms with Gasteiger partial charge in [-0.1, -0.05) is 12.1 Å². The molecule has 6 nitrogen and oxygen atoms in total. The first-order valence-corrected chi connectivity index (χ1v) is 8.14. The van der Waals surface area contributed by atoms with E-state index in [1.165, 1.54) is 6.08 Å². The number of carbonyl (C=O) groups excluding carboxylic acids is 1. The second kappa shape index (κ2) is 7.82. The summed E-state index contributed by atoms with van der Waals surface area (Å²) in [6.07, 6.45) is 3.29. The number of hydrogen-bond donors (Lipinski definition) is 0. The molecule has 1 aliphatic heterocycles. The summed E-state index contributed by atoms with van der Waals surface area (Å²) in [5, 5.41) is 0. The van der Waals surface area contributed by atoms with Crippen LogP contribution in [0.3, 0.4) is 0 Å². The highest BCUT2D eigenvalue weighted by atomic mass is 16.7. The highest BCUT2D eigenvalue weighted by Gasteiger charge is 2.14. The Morgan fingerprint density at radius 3 is 2.62 bits per heavy atom. The Bertz CT molecular complexity index is 831. The Labute approximate surface area is 152 Å². The summed E-state index contributed by atoms with van der Waals surface area (Å²) in [4.78, 5) is 14.0. The van der Waals surface area contributed by atoms with Crippen molar-refractivity contribution in [3.8, 4) is 23.0 Å². The number of nitrogens with zero attached hydrogens (tertiary/aromatic N) is 1. The Kier molecular flexibility index (Phi) is 5.31. The van der Waals surface area contributed by atoms with E-state index in [1.54, 1.807) is 38.3 Å². The van der Waals surface area contributed by atoms with Gasteiger partial charge in [0.15, 0.2) is 23.0 Å². The van der Waals surface area contributed by atoms with Crippen LogP contribution in [0.4, 0.5) is 0 Å². The van der Waals surface area contributed by atoms with Crippen LogP contribution in [0.2, 0.25) is 0 Å². The van der Waals surface area contributed by atoms with Crippen LogP contribution in [0.5, 0.6) is 23.0 Å². The number of hydrogen-bond acceptors (Lipinski definition) is 5. The van der Waals surface area contributed by atoms with Gasteiger partial charge >= 0.3 is 0 Å². The van der Waals surface area contributed by atoms with Gasteiger partial charge in [0.2, 0.25) is 12.7 Å². The quantitative estimate of drug-likeness (QED) is 0.745. The topological polar surface area (TPSA) is 57.2 Å². The Hall–Kier alpha value is -3.15. The van der Waals surface area contributed by atoms with Gasteiger partial charge in [0, 0.05) is 19.7 Å². The fraction of sp³-hybridized carbons (Fsp3) is 0.250. The smallest absolute Gasteiger partial charge is 0.246 e. The van der Waals surface area contributed by atoms with Crippen molar-refractivity contribution in [3.05, 3.63) is 53.6 Å². The van der Waals surface area contributed by atoms with Gasteiger partial charge in [-0.05, 0) is 41.5 Å². The minimum atomic E-state index is -0.0996. The van der Waals surface area contributed by atoms with E-state index in [4.69, 9.17) is 18.9 Å². The number of amides is 1. The van der Waals surface area contributed by atoms with Gasteiger partial charge in [-0.2, -0.15) is 0 Å². The molecular formula is C20H21NO5. The first-order chi connectivity index (χ1) is 12.6. The number of rotatable bonds is 6. The lowest BCUT2D eigenvalue weighted by molar-refractivity contribution is -0.125. The summed E-state index contributed by atoms with van der Waals surface area (Å²) in [6.45, 7) is 0.716.